The molecule has 0 bridgehead atoms. The molecule has 2 heterocycles. The van der Waals surface area contributed by atoms with E-state index in [4.69, 9.17) is 10.6 Å². The molecule has 0 aliphatic carbocycles. The number of ether oxygens (including phenoxy) is 1. The van der Waals surface area contributed by atoms with Crippen molar-refractivity contribution in [1.82, 2.24) is 25.2 Å². The normalized spacial score (nSPS) is 11.6. The average Bonchev–Trinajstić information content (AvgIpc) is 3.39. The van der Waals surface area contributed by atoms with Gasteiger partial charge in [0.15, 0.2) is 5.82 Å². The van der Waals surface area contributed by atoms with Crippen LogP contribution in [-0.2, 0) is 23.2 Å². The molecule has 4 rings (SSSR count). The van der Waals surface area contributed by atoms with Crippen molar-refractivity contribution >= 4 is 28.6 Å². The van der Waals surface area contributed by atoms with Gasteiger partial charge in [-0.3, -0.25) is 4.79 Å². The number of hydrogen-bond acceptors (Lipinski definition) is 6. The Labute approximate surface area is 203 Å². The molecule has 0 spiro atoms. The van der Waals surface area contributed by atoms with Gasteiger partial charge in [0.25, 0.3) is 0 Å². The predicted octanol–water partition coefficient (Wildman–Crippen LogP) is 3.80. The highest BCUT2D eigenvalue weighted by Gasteiger charge is 2.15. The number of thioether (sulfide) groups is 1. The molecule has 0 radical (unpaired) electrons. The lowest BCUT2D eigenvalue weighted by Crippen LogP contribution is -2.27. The Morgan fingerprint density at radius 2 is 1.91 bits per heavy atom. The summed E-state index contributed by atoms with van der Waals surface area (Å²) in [5.74, 6) is 7.46. The molecule has 2 aromatic carbocycles. The van der Waals surface area contributed by atoms with Crippen LogP contribution in [0.4, 0.5) is 0 Å². The monoisotopic (exact) mass is 478 g/mol. The zero-order chi connectivity index (χ0) is 24.1. The summed E-state index contributed by atoms with van der Waals surface area (Å²) in [6.07, 6.45) is 2.75. The SMILES string of the molecule is CC(C)(C)c1ccc(OCc2nnc(SCC(=O)NCCc3c[nH]c4ccccc34)n2N)cc1. The Kier molecular flexibility index (Phi) is 7.12. The number of benzene rings is 2. The maximum atomic E-state index is 12.3. The molecule has 8 nitrogen and oxygen atoms in total. The van der Waals surface area contributed by atoms with E-state index >= 15 is 0 Å². The highest BCUT2D eigenvalue weighted by atomic mass is 32.2. The number of nitrogens with one attached hydrogen (secondary N) is 2. The lowest BCUT2D eigenvalue weighted by atomic mass is 9.87. The van der Waals surface area contributed by atoms with E-state index in [-0.39, 0.29) is 23.7 Å². The molecule has 34 heavy (non-hydrogen) atoms. The van der Waals surface area contributed by atoms with Gasteiger partial charge in [0.1, 0.15) is 12.4 Å². The van der Waals surface area contributed by atoms with E-state index in [1.54, 1.807) is 0 Å². The molecule has 2 aromatic heterocycles. The van der Waals surface area contributed by atoms with Gasteiger partial charge in [-0.1, -0.05) is 62.9 Å². The van der Waals surface area contributed by atoms with Crippen LogP contribution in [0.15, 0.2) is 59.9 Å². The topological polar surface area (TPSA) is 111 Å². The summed E-state index contributed by atoms with van der Waals surface area (Å²) in [4.78, 5) is 15.5. The van der Waals surface area contributed by atoms with Crippen LogP contribution in [-0.4, -0.2) is 38.1 Å². The molecule has 1 amide bonds. The van der Waals surface area contributed by atoms with Gasteiger partial charge in [-0.15, -0.1) is 10.2 Å². The largest absolute Gasteiger partial charge is 0.486 e. The summed E-state index contributed by atoms with van der Waals surface area (Å²) in [7, 11) is 0. The van der Waals surface area contributed by atoms with Gasteiger partial charge in [-0.25, -0.2) is 4.68 Å². The highest BCUT2D eigenvalue weighted by molar-refractivity contribution is 7.99. The van der Waals surface area contributed by atoms with Crippen molar-refractivity contribution < 1.29 is 9.53 Å². The van der Waals surface area contributed by atoms with E-state index in [9.17, 15) is 4.79 Å². The molecule has 0 atom stereocenters. The quantitative estimate of drug-likeness (QED) is 0.249. The van der Waals surface area contributed by atoms with Crippen molar-refractivity contribution in [2.24, 2.45) is 0 Å². The van der Waals surface area contributed by atoms with Crippen molar-refractivity contribution in [3.63, 3.8) is 0 Å². The van der Waals surface area contributed by atoms with Crippen molar-refractivity contribution in [2.75, 3.05) is 18.1 Å². The second-order valence-electron chi connectivity index (χ2n) is 9.08. The second-order valence-corrected chi connectivity index (χ2v) is 10.0. The van der Waals surface area contributed by atoms with Gasteiger partial charge in [0.2, 0.25) is 11.1 Å². The minimum atomic E-state index is -0.0791. The number of nitrogen functional groups attached to an aromatic ring is 1. The number of aromatic amines is 1. The summed E-state index contributed by atoms with van der Waals surface area (Å²) in [5, 5.41) is 12.8. The highest BCUT2D eigenvalue weighted by Crippen LogP contribution is 2.25. The lowest BCUT2D eigenvalue weighted by molar-refractivity contribution is -0.118. The van der Waals surface area contributed by atoms with Gasteiger partial charge >= 0.3 is 0 Å². The lowest BCUT2D eigenvalue weighted by Gasteiger charge is -2.19. The number of amides is 1. The fourth-order valence-corrected chi connectivity index (χ4v) is 4.26. The van der Waals surface area contributed by atoms with Gasteiger partial charge in [-0.2, -0.15) is 0 Å². The molecule has 4 N–H and O–H groups in total. The molecule has 4 aromatic rings. The summed E-state index contributed by atoms with van der Waals surface area (Å²) in [5.41, 5.74) is 3.61. The first kappa shape index (κ1) is 23.7. The van der Waals surface area contributed by atoms with Crippen molar-refractivity contribution in [2.45, 2.75) is 44.4 Å². The van der Waals surface area contributed by atoms with E-state index in [1.165, 1.54) is 33.0 Å². The Morgan fingerprint density at radius 3 is 2.68 bits per heavy atom. The number of nitrogens with zero attached hydrogens (tertiary/aromatic N) is 3. The Morgan fingerprint density at radius 1 is 1.15 bits per heavy atom. The van der Waals surface area contributed by atoms with E-state index < -0.39 is 0 Å². The number of hydrogen-bond donors (Lipinski definition) is 3. The summed E-state index contributed by atoms with van der Waals surface area (Å²) >= 11 is 1.24. The van der Waals surface area contributed by atoms with Gasteiger partial charge in [0.05, 0.1) is 5.75 Å². The Bertz CT molecular complexity index is 1260. The third kappa shape index (κ3) is 5.72. The van der Waals surface area contributed by atoms with Crippen LogP contribution in [0.5, 0.6) is 5.75 Å². The predicted molar refractivity (Wildman–Crippen MR) is 135 cm³/mol. The summed E-state index contributed by atoms with van der Waals surface area (Å²) < 4.78 is 7.17. The van der Waals surface area contributed by atoms with Crippen LogP contribution in [0.25, 0.3) is 10.9 Å². The maximum Gasteiger partial charge on any atom is 0.230 e. The number of para-hydroxylation sites is 1. The van der Waals surface area contributed by atoms with Gasteiger partial charge < -0.3 is 20.9 Å². The smallest absolute Gasteiger partial charge is 0.230 e. The van der Waals surface area contributed by atoms with Crippen molar-refractivity contribution in [1.29, 1.82) is 0 Å². The second kappa shape index (κ2) is 10.2. The fraction of sp³-hybridized carbons (Fsp3) is 0.320. The van der Waals surface area contributed by atoms with E-state index in [2.05, 4.69) is 59.5 Å². The zero-order valence-corrected chi connectivity index (χ0v) is 20.5. The summed E-state index contributed by atoms with van der Waals surface area (Å²) in [6, 6.07) is 16.1. The van der Waals surface area contributed by atoms with Crippen LogP contribution in [0.3, 0.4) is 0 Å². The van der Waals surface area contributed by atoms with Crippen LogP contribution in [0.1, 0.15) is 37.7 Å². The average molecular weight is 479 g/mol. The number of aromatic nitrogens is 4. The van der Waals surface area contributed by atoms with Crippen molar-refractivity contribution in [3.8, 4) is 5.75 Å². The molecule has 0 unspecified atom stereocenters. The first-order valence-corrected chi connectivity index (χ1v) is 12.2. The molecular formula is C25H30N6O2S. The molecule has 0 aliphatic rings. The van der Waals surface area contributed by atoms with E-state index in [1.807, 2.05) is 36.5 Å². The molecule has 0 fully saturated rings. The number of carbonyl (C=O) groups is 1. The Balaban J connectivity index is 1.22. The van der Waals surface area contributed by atoms with Crippen LogP contribution in [0.2, 0.25) is 0 Å². The Hall–Kier alpha value is -3.46. The van der Waals surface area contributed by atoms with Crippen molar-refractivity contribution in [3.05, 3.63) is 71.7 Å². The van der Waals surface area contributed by atoms with Crippen LogP contribution in [0, 0.1) is 0 Å². The number of H-pyrrole nitrogens is 1. The number of rotatable bonds is 9. The fourth-order valence-electron chi connectivity index (χ4n) is 3.56. The molecule has 0 saturated carbocycles. The number of fused-ring (bicyclic) bond motifs is 1. The van der Waals surface area contributed by atoms with Gasteiger partial charge in [-0.05, 0) is 41.2 Å². The molecule has 178 valence electrons. The van der Waals surface area contributed by atoms with Gasteiger partial charge in [0, 0.05) is 23.6 Å². The molecule has 0 aliphatic heterocycles. The van der Waals surface area contributed by atoms with Crippen LogP contribution < -0.4 is 15.9 Å². The standard InChI is InChI=1S/C25H30N6O2S/c1-25(2,3)18-8-10-19(11-9-18)33-15-22-29-30-24(31(22)26)34-16-23(32)27-13-12-17-14-28-21-7-5-4-6-20(17)21/h4-11,14,28H,12-13,15-16,26H2,1-3H3,(H,27,32). The minimum absolute atomic E-state index is 0.0791. The molecule has 9 heteroatoms. The number of nitrogens with two attached hydrogens (primary N) is 1. The van der Waals surface area contributed by atoms with E-state index in [0.717, 1.165) is 17.7 Å². The first-order chi connectivity index (χ1) is 16.3. The molecular weight excluding hydrogens is 448 g/mol. The third-order valence-electron chi connectivity index (χ3n) is 5.55. The zero-order valence-electron chi connectivity index (χ0n) is 19.7. The first-order valence-electron chi connectivity index (χ1n) is 11.2. The van der Waals surface area contributed by atoms with E-state index in [0.29, 0.717) is 17.5 Å². The molecule has 0 saturated heterocycles. The van der Waals surface area contributed by atoms with Crippen LogP contribution >= 0.6 is 11.8 Å². The maximum absolute atomic E-state index is 12.3. The minimum Gasteiger partial charge on any atom is -0.486 e. The third-order valence-corrected chi connectivity index (χ3v) is 6.49. The summed E-state index contributed by atoms with van der Waals surface area (Å²) in [6.45, 7) is 7.26. The number of carbonyl (C=O) groups excluding carboxylic acids is 1.